The van der Waals surface area contributed by atoms with Crippen LogP contribution >= 0.6 is 0 Å². The van der Waals surface area contributed by atoms with Crippen molar-refractivity contribution in [3.8, 4) is 11.3 Å². The molecule has 1 aromatic heterocycles. The van der Waals surface area contributed by atoms with Crippen molar-refractivity contribution in [2.45, 2.75) is 23.8 Å². The van der Waals surface area contributed by atoms with Crippen LogP contribution in [-0.2, 0) is 14.8 Å². The van der Waals surface area contributed by atoms with E-state index in [-0.39, 0.29) is 41.0 Å². The summed E-state index contributed by atoms with van der Waals surface area (Å²) in [4.78, 5) is 27.9. The number of nitrogens with zero attached hydrogens (tertiary/aromatic N) is 1. The molecule has 13 heteroatoms. The summed E-state index contributed by atoms with van der Waals surface area (Å²) < 4.78 is 33.4. The molecule has 1 amide bonds. The Morgan fingerprint density at radius 1 is 1.06 bits per heavy atom. The van der Waals surface area contributed by atoms with Crippen molar-refractivity contribution < 1.29 is 27.5 Å². The fourth-order valence-corrected chi connectivity index (χ4v) is 4.25. The van der Waals surface area contributed by atoms with Gasteiger partial charge in [-0.3, -0.25) is 14.5 Å². The zero-order valence-corrected chi connectivity index (χ0v) is 19.9. The highest BCUT2D eigenvalue weighted by Crippen LogP contribution is 2.26. The van der Waals surface area contributed by atoms with Crippen molar-refractivity contribution in [2.24, 2.45) is 16.5 Å². The third-order valence-corrected chi connectivity index (χ3v) is 6.37. The number of hydrogen-bond donors (Lipinski definition) is 6. The lowest BCUT2D eigenvalue weighted by atomic mass is 10.1. The lowest BCUT2D eigenvalue weighted by Gasteiger charge is -2.13. The van der Waals surface area contributed by atoms with E-state index in [0.29, 0.717) is 17.7 Å². The van der Waals surface area contributed by atoms with Crippen LogP contribution in [-0.4, -0.2) is 43.9 Å². The van der Waals surface area contributed by atoms with E-state index in [9.17, 15) is 23.1 Å². The van der Waals surface area contributed by atoms with E-state index in [0.717, 1.165) is 0 Å². The molecule has 12 nitrogen and oxygen atoms in total. The Kier molecular flexibility index (Phi) is 8.17. The number of aliphatic carboxylic acids is 1. The summed E-state index contributed by atoms with van der Waals surface area (Å²) in [6.07, 6.45) is 0.458. The highest BCUT2D eigenvalue weighted by molar-refractivity contribution is 7.92. The molecule has 1 heterocycles. The molecule has 0 aliphatic carbocycles. The van der Waals surface area contributed by atoms with E-state index < -0.39 is 27.9 Å². The average Bonchev–Trinajstić information content (AvgIpc) is 3.31. The summed E-state index contributed by atoms with van der Waals surface area (Å²) >= 11 is 0. The number of aliphatic imine (C=N–C) groups is 1. The van der Waals surface area contributed by atoms with Gasteiger partial charge < -0.3 is 32.0 Å². The van der Waals surface area contributed by atoms with Crippen LogP contribution in [0.5, 0.6) is 0 Å². The molecule has 9 N–H and O–H groups in total. The van der Waals surface area contributed by atoms with E-state index in [2.05, 4.69) is 15.0 Å². The van der Waals surface area contributed by atoms with Gasteiger partial charge in [-0.05, 0) is 61.4 Å². The molecule has 0 saturated carbocycles. The first-order valence-electron chi connectivity index (χ1n) is 10.7. The lowest BCUT2D eigenvalue weighted by Crippen LogP contribution is -2.40. The van der Waals surface area contributed by atoms with Gasteiger partial charge in [0, 0.05) is 23.5 Å². The van der Waals surface area contributed by atoms with Gasteiger partial charge in [-0.25, -0.2) is 13.2 Å². The van der Waals surface area contributed by atoms with Crippen LogP contribution in [0, 0.1) is 0 Å². The van der Waals surface area contributed by atoms with Crippen LogP contribution in [0.4, 0.5) is 11.4 Å². The Bertz CT molecular complexity index is 1360. The first-order valence-corrected chi connectivity index (χ1v) is 12.2. The summed E-state index contributed by atoms with van der Waals surface area (Å²) in [5.41, 5.74) is 17.3. The fraction of sp³-hybridized carbons (Fsp3) is 0.174. The Hall–Kier alpha value is -4.52. The van der Waals surface area contributed by atoms with Crippen LogP contribution in [0.15, 0.2) is 75.0 Å². The molecule has 3 rings (SSSR count). The van der Waals surface area contributed by atoms with Gasteiger partial charge in [0.1, 0.15) is 11.8 Å². The summed E-state index contributed by atoms with van der Waals surface area (Å²) in [7, 11) is -3.85. The molecule has 0 bridgehead atoms. The topological polar surface area (TPSA) is 216 Å². The van der Waals surface area contributed by atoms with Crippen molar-refractivity contribution in [1.82, 2.24) is 5.32 Å². The Balaban J connectivity index is 1.69. The molecule has 0 spiro atoms. The third kappa shape index (κ3) is 6.99. The highest BCUT2D eigenvalue weighted by atomic mass is 32.2. The van der Waals surface area contributed by atoms with Crippen LogP contribution < -0.4 is 27.2 Å². The number of amides is 1. The molecule has 3 aromatic rings. The monoisotopic (exact) mass is 514 g/mol. The first-order chi connectivity index (χ1) is 17.0. The number of guanidine groups is 1. The molecule has 36 heavy (non-hydrogen) atoms. The van der Waals surface area contributed by atoms with Crippen molar-refractivity contribution >= 4 is 39.2 Å². The normalized spacial score (nSPS) is 11.9. The second kappa shape index (κ2) is 11.3. The summed E-state index contributed by atoms with van der Waals surface area (Å²) in [6, 6.07) is 13.9. The Morgan fingerprint density at radius 2 is 1.78 bits per heavy atom. The summed E-state index contributed by atoms with van der Waals surface area (Å²) in [5, 5.41) is 11.8. The molecule has 2 aromatic carbocycles. The van der Waals surface area contributed by atoms with Gasteiger partial charge in [0.2, 0.25) is 0 Å². The van der Waals surface area contributed by atoms with Crippen LogP contribution in [0.2, 0.25) is 0 Å². The fourth-order valence-electron chi connectivity index (χ4n) is 3.20. The largest absolute Gasteiger partial charge is 0.480 e. The molecule has 0 saturated heterocycles. The third-order valence-electron chi connectivity index (χ3n) is 4.97. The number of carboxylic acids is 1. The first kappa shape index (κ1) is 26.1. The number of carboxylic acid groups (broad SMARTS) is 1. The lowest BCUT2D eigenvalue weighted by molar-refractivity contribution is -0.139. The zero-order valence-electron chi connectivity index (χ0n) is 19.0. The van der Waals surface area contributed by atoms with Gasteiger partial charge in [0.15, 0.2) is 11.7 Å². The van der Waals surface area contributed by atoms with Gasteiger partial charge in [-0.2, -0.15) is 0 Å². The number of nitrogens with one attached hydrogen (secondary N) is 2. The predicted molar refractivity (Wildman–Crippen MR) is 135 cm³/mol. The number of carbonyl (C=O) groups excluding carboxylic acids is 1. The molecule has 1 atom stereocenters. The number of carbonyl (C=O) groups is 2. The van der Waals surface area contributed by atoms with Crippen LogP contribution in [0.1, 0.15) is 23.4 Å². The van der Waals surface area contributed by atoms with E-state index in [1.54, 1.807) is 24.3 Å². The maximum Gasteiger partial charge on any atom is 0.326 e. The average molecular weight is 515 g/mol. The van der Waals surface area contributed by atoms with E-state index >= 15 is 0 Å². The number of nitrogen functional groups attached to an aromatic ring is 1. The number of anilines is 2. The maximum absolute atomic E-state index is 12.6. The number of nitrogens with two attached hydrogens (primary N) is 3. The van der Waals surface area contributed by atoms with Crippen molar-refractivity contribution in [1.29, 1.82) is 0 Å². The Labute approximate surface area is 207 Å². The molecule has 0 aliphatic heterocycles. The minimum Gasteiger partial charge on any atom is -0.480 e. The molecule has 190 valence electrons. The molecular weight excluding hydrogens is 488 g/mol. The van der Waals surface area contributed by atoms with Gasteiger partial charge in [-0.1, -0.05) is 12.1 Å². The Morgan fingerprint density at radius 3 is 2.44 bits per heavy atom. The van der Waals surface area contributed by atoms with Crippen molar-refractivity contribution in [2.75, 3.05) is 17.0 Å². The number of sulfonamides is 1. The molecule has 0 radical (unpaired) electrons. The smallest absolute Gasteiger partial charge is 0.326 e. The number of rotatable bonds is 11. The van der Waals surface area contributed by atoms with Crippen molar-refractivity contribution in [3.63, 3.8) is 0 Å². The van der Waals surface area contributed by atoms with Gasteiger partial charge >= 0.3 is 5.97 Å². The number of hydrogen-bond acceptors (Lipinski definition) is 7. The van der Waals surface area contributed by atoms with Crippen LogP contribution in [0.3, 0.4) is 0 Å². The minimum absolute atomic E-state index is 0.0466. The van der Waals surface area contributed by atoms with Gasteiger partial charge in [-0.15, -0.1) is 0 Å². The van der Waals surface area contributed by atoms with Gasteiger partial charge in [0.05, 0.1) is 4.90 Å². The summed E-state index contributed by atoms with van der Waals surface area (Å²) in [5.74, 6) is -1.84. The van der Waals surface area contributed by atoms with Crippen molar-refractivity contribution in [3.05, 3.63) is 66.4 Å². The maximum atomic E-state index is 12.6. The number of furan rings is 1. The molecule has 0 unspecified atom stereocenters. The van der Waals surface area contributed by atoms with Crippen LogP contribution in [0.25, 0.3) is 11.3 Å². The molecule has 0 aliphatic rings. The molecule has 0 fully saturated rings. The summed E-state index contributed by atoms with van der Waals surface area (Å²) in [6.45, 7) is 0.227. The minimum atomic E-state index is -3.85. The quantitative estimate of drug-likeness (QED) is 0.0945. The molecular formula is C23H26N6O6S. The van der Waals surface area contributed by atoms with E-state index in [4.69, 9.17) is 21.6 Å². The highest BCUT2D eigenvalue weighted by Gasteiger charge is 2.22. The van der Waals surface area contributed by atoms with E-state index in [1.165, 1.54) is 36.4 Å². The second-order valence-electron chi connectivity index (χ2n) is 7.73. The van der Waals surface area contributed by atoms with Gasteiger partial charge in [0.25, 0.3) is 15.9 Å². The predicted octanol–water partition coefficient (Wildman–Crippen LogP) is 1.57. The second-order valence-corrected chi connectivity index (χ2v) is 9.41. The SMILES string of the molecule is NC(N)=NCCC[C@H](NC(=O)c1ccc(-c2cccc(NS(=O)(=O)c3ccc(N)cc3)c2)o1)C(=O)O. The van der Waals surface area contributed by atoms with E-state index in [1.807, 2.05) is 0 Å². The standard InChI is InChI=1S/C23H26N6O6S/c24-15-6-8-17(9-7-15)36(33,34)29-16-4-1-3-14(13-16)19-10-11-20(35-19)21(30)28-18(22(31)32)5-2-12-27-23(25)26/h1,3-4,6-11,13,18,29H,2,5,12,24H2,(H,28,30)(H,31,32)(H4,25,26,27)/t18-/m0/s1. The zero-order chi connectivity index (χ0) is 26.3. The number of benzene rings is 2.